The van der Waals surface area contributed by atoms with E-state index in [4.69, 9.17) is 5.73 Å². The molecule has 4 rings (SSSR count). The third-order valence-electron chi connectivity index (χ3n) is 5.23. The van der Waals surface area contributed by atoms with Crippen molar-refractivity contribution in [2.24, 2.45) is 15.7 Å². The van der Waals surface area contributed by atoms with E-state index >= 15 is 0 Å². The molecule has 6 nitrogen and oxygen atoms in total. The molecule has 1 aliphatic carbocycles. The zero-order valence-electron chi connectivity index (χ0n) is 14.7. The third kappa shape index (κ3) is 2.85. The Morgan fingerprint density at radius 1 is 1.27 bits per heavy atom. The molecule has 2 aliphatic rings. The Kier molecular flexibility index (Phi) is 3.78. The first kappa shape index (κ1) is 16.7. The Morgan fingerprint density at radius 2 is 2.04 bits per heavy atom. The van der Waals surface area contributed by atoms with Crippen LogP contribution >= 0.6 is 0 Å². The third-order valence-corrected chi connectivity index (χ3v) is 5.23. The summed E-state index contributed by atoms with van der Waals surface area (Å²) in [6.45, 7) is 1.97. The number of hydrogen-bond donors (Lipinski definition) is 3. The average molecular weight is 350 g/mol. The molecule has 0 bridgehead atoms. The summed E-state index contributed by atoms with van der Waals surface area (Å²) in [5.74, 6) is 6.43. The van der Waals surface area contributed by atoms with E-state index < -0.39 is 11.3 Å². The van der Waals surface area contributed by atoms with Gasteiger partial charge in [0.15, 0.2) is 0 Å². The van der Waals surface area contributed by atoms with Gasteiger partial charge in [-0.2, -0.15) is 0 Å². The number of nitrogens with two attached hydrogens (primary N) is 1. The number of phenolic OH excluding ortho intramolecular Hbond substituents is 1. The summed E-state index contributed by atoms with van der Waals surface area (Å²) >= 11 is 0. The number of nitrogens with zero attached hydrogens (tertiary/aromatic N) is 3. The number of guanidine groups is 1. The van der Waals surface area contributed by atoms with Gasteiger partial charge in [0, 0.05) is 29.8 Å². The molecule has 2 heterocycles. The highest BCUT2D eigenvalue weighted by molar-refractivity contribution is 5.90. The van der Waals surface area contributed by atoms with E-state index in [0.29, 0.717) is 24.8 Å². The highest BCUT2D eigenvalue weighted by Gasteiger charge is 2.30. The highest BCUT2D eigenvalue weighted by atomic mass is 16.3. The topological polar surface area (TPSA) is 96.1 Å². The molecule has 0 saturated heterocycles. The van der Waals surface area contributed by atoms with Gasteiger partial charge in [-0.1, -0.05) is 11.8 Å². The molecule has 2 aromatic rings. The van der Waals surface area contributed by atoms with E-state index in [1.165, 1.54) is 0 Å². The predicted octanol–water partition coefficient (Wildman–Crippen LogP) is 2.47. The van der Waals surface area contributed by atoms with E-state index in [2.05, 4.69) is 21.8 Å². The van der Waals surface area contributed by atoms with Crippen molar-refractivity contribution in [1.82, 2.24) is 4.57 Å². The minimum Gasteiger partial charge on any atom is -0.507 e. The van der Waals surface area contributed by atoms with Crippen molar-refractivity contribution < 1.29 is 10.2 Å². The maximum atomic E-state index is 10.4. The minimum absolute atomic E-state index is 0.161. The molecule has 1 aromatic carbocycles. The van der Waals surface area contributed by atoms with E-state index in [1.54, 1.807) is 12.3 Å². The number of phenols is 1. The Balaban J connectivity index is 1.79. The van der Waals surface area contributed by atoms with Crippen molar-refractivity contribution in [3.05, 3.63) is 30.0 Å². The van der Waals surface area contributed by atoms with Gasteiger partial charge in [-0.05, 0) is 50.8 Å². The van der Waals surface area contributed by atoms with Gasteiger partial charge in [0.25, 0.3) is 0 Å². The lowest BCUT2D eigenvalue weighted by atomic mass is 10.0. The van der Waals surface area contributed by atoms with Gasteiger partial charge in [0.2, 0.25) is 5.96 Å². The van der Waals surface area contributed by atoms with Crippen molar-refractivity contribution in [2.45, 2.75) is 50.3 Å². The number of aromatic nitrogens is 1. The number of fused-ring (bicyclic) bond motifs is 1. The SMILES string of the molecule is CC1(n2ccc3c(O)cc(C#CC4(O)CCCC4)cc32)CC=NC(N)=N1. The van der Waals surface area contributed by atoms with Crippen LogP contribution in [0.4, 0.5) is 0 Å². The van der Waals surface area contributed by atoms with Gasteiger partial charge >= 0.3 is 0 Å². The van der Waals surface area contributed by atoms with Crippen molar-refractivity contribution in [1.29, 1.82) is 0 Å². The van der Waals surface area contributed by atoms with Gasteiger partial charge in [-0.3, -0.25) is 0 Å². The molecular formula is C20H22N4O2. The van der Waals surface area contributed by atoms with Crippen LogP contribution in [0.15, 0.2) is 34.4 Å². The standard InChI is InChI=1S/C20H22N4O2/c1-19(9-10-22-18(21)23-19)24-11-5-15-16(24)12-14(13-17(15)25)4-8-20(26)6-2-3-7-20/h5,10-13,25-26H,2-3,6-7,9H2,1H3,(H2,21,23). The highest BCUT2D eigenvalue weighted by Crippen LogP contribution is 2.34. The molecular weight excluding hydrogens is 328 g/mol. The molecule has 1 fully saturated rings. The zero-order valence-corrected chi connectivity index (χ0v) is 14.7. The zero-order chi connectivity index (χ0) is 18.4. The molecule has 0 spiro atoms. The normalized spacial score (nSPS) is 24.3. The van der Waals surface area contributed by atoms with Crippen molar-refractivity contribution in [3.8, 4) is 17.6 Å². The summed E-state index contributed by atoms with van der Waals surface area (Å²) in [4.78, 5) is 8.51. The van der Waals surface area contributed by atoms with Crippen LogP contribution in [0.3, 0.4) is 0 Å². The first-order chi connectivity index (χ1) is 12.4. The molecule has 26 heavy (non-hydrogen) atoms. The van der Waals surface area contributed by atoms with Gasteiger partial charge in [0.05, 0.1) is 5.52 Å². The molecule has 1 aliphatic heterocycles. The number of aromatic hydroxyl groups is 1. The molecule has 1 unspecified atom stereocenters. The lowest BCUT2D eigenvalue weighted by Crippen LogP contribution is -2.33. The molecule has 0 radical (unpaired) electrons. The van der Waals surface area contributed by atoms with Crippen LogP contribution in [0, 0.1) is 11.8 Å². The molecule has 6 heteroatoms. The molecule has 4 N–H and O–H groups in total. The summed E-state index contributed by atoms with van der Waals surface area (Å²) in [7, 11) is 0. The fourth-order valence-electron chi connectivity index (χ4n) is 3.77. The Labute approximate surface area is 152 Å². The molecule has 134 valence electrons. The monoisotopic (exact) mass is 350 g/mol. The second-order valence-corrected chi connectivity index (χ2v) is 7.31. The number of rotatable bonds is 1. The molecule has 1 aromatic heterocycles. The Morgan fingerprint density at radius 3 is 2.77 bits per heavy atom. The summed E-state index contributed by atoms with van der Waals surface area (Å²) in [6, 6.07) is 5.42. The second kappa shape index (κ2) is 5.89. The van der Waals surface area contributed by atoms with Gasteiger partial charge in [-0.15, -0.1) is 0 Å². The molecule has 0 amide bonds. The van der Waals surface area contributed by atoms with E-state index in [-0.39, 0.29) is 11.7 Å². The Hall–Kier alpha value is -2.78. The van der Waals surface area contributed by atoms with Crippen LogP contribution < -0.4 is 5.73 Å². The fraction of sp³-hybridized carbons (Fsp3) is 0.400. The summed E-state index contributed by atoms with van der Waals surface area (Å²) < 4.78 is 1.98. The Bertz CT molecular complexity index is 986. The van der Waals surface area contributed by atoms with Crippen LogP contribution in [0.25, 0.3) is 10.9 Å². The summed E-state index contributed by atoms with van der Waals surface area (Å²) in [6.07, 6.45) is 7.66. The maximum Gasteiger partial charge on any atom is 0.217 e. The average Bonchev–Trinajstić information content (AvgIpc) is 3.20. The quantitative estimate of drug-likeness (QED) is 0.689. The van der Waals surface area contributed by atoms with Crippen LogP contribution in [-0.4, -0.2) is 32.6 Å². The largest absolute Gasteiger partial charge is 0.507 e. The van der Waals surface area contributed by atoms with E-state index in [9.17, 15) is 10.2 Å². The number of aliphatic hydroxyl groups is 1. The summed E-state index contributed by atoms with van der Waals surface area (Å²) in [5, 5.41) is 21.6. The van der Waals surface area contributed by atoms with Gasteiger partial charge in [0.1, 0.15) is 17.0 Å². The van der Waals surface area contributed by atoms with Crippen molar-refractivity contribution >= 4 is 23.1 Å². The lowest BCUT2D eigenvalue weighted by Gasteiger charge is -2.29. The smallest absolute Gasteiger partial charge is 0.217 e. The van der Waals surface area contributed by atoms with Crippen LogP contribution in [0.1, 0.15) is 44.6 Å². The van der Waals surface area contributed by atoms with Gasteiger partial charge < -0.3 is 20.5 Å². The van der Waals surface area contributed by atoms with E-state index in [0.717, 1.165) is 23.7 Å². The maximum absolute atomic E-state index is 10.4. The van der Waals surface area contributed by atoms with Crippen LogP contribution in [0.5, 0.6) is 5.75 Å². The first-order valence-corrected chi connectivity index (χ1v) is 8.87. The predicted molar refractivity (Wildman–Crippen MR) is 102 cm³/mol. The first-order valence-electron chi connectivity index (χ1n) is 8.87. The van der Waals surface area contributed by atoms with Crippen molar-refractivity contribution in [3.63, 3.8) is 0 Å². The van der Waals surface area contributed by atoms with Gasteiger partial charge in [-0.25, -0.2) is 9.98 Å². The number of aliphatic imine (C=N–C) groups is 2. The number of hydrogen-bond acceptors (Lipinski definition) is 5. The van der Waals surface area contributed by atoms with E-state index in [1.807, 2.05) is 29.8 Å². The van der Waals surface area contributed by atoms with Crippen LogP contribution in [0.2, 0.25) is 0 Å². The van der Waals surface area contributed by atoms with Crippen molar-refractivity contribution in [2.75, 3.05) is 0 Å². The minimum atomic E-state index is -0.906. The van der Waals surface area contributed by atoms with Crippen LogP contribution in [-0.2, 0) is 5.66 Å². The molecule has 1 saturated carbocycles. The summed E-state index contributed by atoms with van der Waals surface area (Å²) in [5.41, 5.74) is 5.77. The second-order valence-electron chi connectivity index (χ2n) is 7.31. The number of benzene rings is 1. The fourth-order valence-corrected chi connectivity index (χ4v) is 3.77. The molecule has 1 atom stereocenters. The lowest BCUT2D eigenvalue weighted by molar-refractivity contribution is 0.110.